The van der Waals surface area contributed by atoms with Gasteiger partial charge in [-0.15, -0.1) is 0 Å². The van der Waals surface area contributed by atoms with Gasteiger partial charge in [-0.2, -0.15) is 4.31 Å². The average molecular weight is 514 g/mol. The molecule has 11 heteroatoms. The number of carbonyl (C=O) groups is 2. The summed E-state index contributed by atoms with van der Waals surface area (Å²) < 4.78 is 32.3. The number of aromatic nitrogens is 1. The Labute approximate surface area is 211 Å². The number of carbonyl (C=O) groups excluding carboxylic acids is 2. The molecule has 0 spiro atoms. The van der Waals surface area contributed by atoms with Crippen molar-refractivity contribution in [2.45, 2.75) is 25.3 Å². The third kappa shape index (κ3) is 6.10. The molecular formula is C25H31N5O5S. The molecule has 0 saturated heterocycles. The van der Waals surface area contributed by atoms with Crippen molar-refractivity contribution in [3.8, 4) is 5.75 Å². The normalized spacial score (nSPS) is 11.5. The van der Waals surface area contributed by atoms with Crippen LogP contribution < -0.4 is 15.8 Å². The van der Waals surface area contributed by atoms with Gasteiger partial charge in [0.15, 0.2) is 0 Å². The van der Waals surface area contributed by atoms with Gasteiger partial charge >= 0.3 is 0 Å². The zero-order valence-electron chi connectivity index (χ0n) is 21.0. The molecule has 3 aromatic rings. The number of benzene rings is 2. The number of nitrogens with one attached hydrogen (secondary N) is 1. The van der Waals surface area contributed by atoms with E-state index in [4.69, 9.17) is 10.5 Å². The molecule has 10 nitrogen and oxygen atoms in total. The molecule has 0 aliphatic rings. The fraction of sp³-hybridized carbons (Fsp3) is 0.320. The summed E-state index contributed by atoms with van der Waals surface area (Å²) in [5.74, 6) is 0.0928. The Hall–Kier alpha value is -3.70. The second-order valence-corrected chi connectivity index (χ2v) is 10.6. The van der Waals surface area contributed by atoms with Gasteiger partial charge in [-0.1, -0.05) is 6.07 Å². The number of nitrogens with zero attached hydrogens (tertiary/aromatic N) is 3. The number of nitrogen functional groups attached to an aromatic ring is 1. The van der Waals surface area contributed by atoms with Crippen molar-refractivity contribution in [1.82, 2.24) is 19.5 Å². The van der Waals surface area contributed by atoms with E-state index in [-0.39, 0.29) is 17.3 Å². The van der Waals surface area contributed by atoms with Gasteiger partial charge in [0.05, 0.1) is 30.6 Å². The molecular weight excluding hydrogens is 482 g/mol. The van der Waals surface area contributed by atoms with Gasteiger partial charge in [0.2, 0.25) is 21.8 Å². The number of nitrogens with two attached hydrogens (primary N) is 1. The molecule has 0 saturated carbocycles. The predicted octanol–water partition coefficient (Wildman–Crippen LogP) is 1.84. The summed E-state index contributed by atoms with van der Waals surface area (Å²) in [4.78, 5) is 30.9. The number of aryl methyl sites for hydroxylation is 2. The number of hydrogen-bond acceptors (Lipinski definition) is 7. The Kier molecular flexibility index (Phi) is 8.16. The van der Waals surface area contributed by atoms with Crippen LogP contribution in [-0.4, -0.2) is 68.7 Å². The summed E-state index contributed by atoms with van der Waals surface area (Å²) in [6.45, 7) is 3.00. The van der Waals surface area contributed by atoms with Crippen molar-refractivity contribution in [3.05, 3.63) is 59.2 Å². The summed E-state index contributed by atoms with van der Waals surface area (Å²) >= 11 is 0. The van der Waals surface area contributed by atoms with E-state index in [9.17, 15) is 18.0 Å². The van der Waals surface area contributed by atoms with E-state index in [1.54, 1.807) is 39.1 Å². The van der Waals surface area contributed by atoms with Crippen LogP contribution in [0, 0.1) is 13.8 Å². The number of sulfonamides is 1. The molecule has 192 valence electrons. The van der Waals surface area contributed by atoms with Gasteiger partial charge in [0.1, 0.15) is 11.6 Å². The summed E-state index contributed by atoms with van der Waals surface area (Å²) in [6.07, 6.45) is 0. The van der Waals surface area contributed by atoms with Crippen LogP contribution in [0.25, 0.3) is 10.9 Å². The Morgan fingerprint density at radius 3 is 2.36 bits per heavy atom. The van der Waals surface area contributed by atoms with E-state index in [1.807, 2.05) is 24.3 Å². The molecule has 2 aromatic carbocycles. The fourth-order valence-electron chi connectivity index (χ4n) is 3.89. The van der Waals surface area contributed by atoms with Crippen molar-refractivity contribution in [2.75, 3.05) is 40.0 Å². The molecule has 3 rings (SSSR count). The summed E-state index contributed by atoms with van der Waals surface area (Å²) in [5.41, 5.74) is 8.40. The number of amides is 2. The number of fused-ring (bicyclic) bond motifs is 1. The minimum Gasteiger partial charge on any atom is -0.497 e. The molecule has 0 atom stereocenters. The highest BCUT2D eigenvalue weighted by Crippen LogP contribution is 2.27. The van der Waals surface area contributed by atoms with Crippen molar-refractivity contribution in [2.24, 2.45) is 0 Å². The summed E-state index contributed by atoms with van der Waals surface area (Å²) in [7, 11) is 0.538. The van der Waals surface area contributed by atoms with Crippen LogP contribution in [0.15, 0.2) is 47.4 Å². The molecule has 3 N–H and O–H groups in total. The van der Waals surface area contributed by atoms with Crippen LogP contribution in [0.5, 0.6) is 5.75 Å². The van der Waals surface area contributed by atoms with E-state index in [0.717, 1.165) is 20.8 Å². The van der Waals surface area contributed by atoms with Crippen molar-refractivity contribution >= 4 is 38.6 Å². The third-order valence-corrected chi connectivity index (χ3v) is 7.87. The monoisotopic (exact) mass is 513 g/mol. The molecule has 0 aliphatic carbocycles. The van der Waals surface area contributed by atoms with E-state index in [2.05, 4.69) is 10.3 Å². The van der Waals surface area contributed by atoms with E-state index in [1.165, 1.54) is 19.1 Å². The van der Waals surface area contributed by atoms with Gasteiger partial charge in [0, 0.05) is 26.0 Å². The average Bonchev–Trinajstić information content (AvgIpc) is 2.81. The number of pyridine rings is 1. The highest BCUT2D eigenvalue weighted by atomic mass is 32.2. The second kappa shape index (κ2) is 10.9. The van der Waals surface area contributed by atoms with E-state index in [0.29, 0.717) is 29.2 Å². The van der Waals surface area contributed by atoms with Crippen LogP contribution in [-0.2, 0) is 26.2 Å². The molecule has 0 aliphatic heterocycles. The second-order valence-electron chi connectivity index (χ2n) is 8.64. The number of anilines is 1. The van der Waals surface area contributed by atoms with Crippen LogP contribution in [0.4, 0.5) is 5.82 Å². The first-order valence-corrected chi connectivity index (χ1v) is 12.6. The zero-order valence-corrected chi connectivity index (χ0v) is 21.8. The summed E-state index contributed by atoms with van der Waals surface area (Å²) in [6, 6.07) is 12.5. The molecule has 0 fully saturated rings. The highest BCUT2D eigenvalue weighted by Gasteiger charge is 2.27. The molecule has 36 heavy (non-hydrogen) atoms. The maximum atomic E-state index is 13.1. The molecule has 1 heterocycles. The number of methoxy groups -OCH3 is 1. The lowest BCUT2D eigenvalue weighted by Gasteiger charge is -2.21. The zero-order chi connectivity index (χ0) is 26.6. The predicted molar refractivity (Wildman–Crippen MR) is 138 cm³/mol. The Balaban J connectivity index is 1.57. The largest absolute Gasteiger partial charge is 0.497 e. The Morgan fingerprint density at radius 2 is 1.72 bits per heavy atom. The molecule has 0 bridgehead atoms. The van der Waals surface area contributed by atoms with Crippen molar-refractivity contribution in [3.63, 3.8) is 0 Å². The van der Waals surface area contributed by atoms with Crippen molar-refractivity contribution < 1.29 is 22.7 Å². The summed E-state index contributed by atoms with van der Waals surface area (Å²) in [5, 5.41) is 3.41. The first-order chi connectivity index (χ1) is 16.9. The van der Waals surface area contributed by atoms with Gasteiger partial charge in [-0.3, -0.25) is 9.59 Å². The molecule has 1 aromatic heterocycles. The maximum absolute atomic E-state index is 13.1. The quantitative estimate of drug-likeness (QED) is 0.446. The van der Waals surface area contributed by atoms with E-state index < -0.39 is 22.5 Å². The Morgan fingerprint density at radius 1 is 1.06 bits per heavy atom. The maximum Gasteiger partial charge on any atom is 0.243 e. The topological polar surface area (TPSA) is 135 Å². The van der Waals surface area contributed by atoms with Gasteiger partial charge in [-0.05, 0) is 66.9 Å². The fourth-order valence-corrected chi connectivity index (χ4v) is 5.43. The number of hydrogen-bond donors (Lipinski definition) is 2. The van der Waals surface area contributed by atoms with Gasteiger partial charge < -0.3 is 20.7 Å². The number of likely N-dealkylation sites (N-methyl/N-ethyl adjacent to an activating group) is 2. The minimum atomic E-state index is -3.93. The van der Waals surface area contributed by atoms with Gasteiger partial charge in [0.25, 0.3) is 0 Å². The lowest BCUT2D eigenvalue weighted by molar-refractivity contribution is -0.132. The highest BCUT2D eigenvalue weighted by molar-refractivity contribution is 7.89. The first kappa shape index (κ1) is 26.9. The number of rotatable bonds is 9. The molecule has 2 amide bonds. The van der Waals surface area contributed by atoms with Crippen LogP contribution >= 0.6 is 0 Å². The lowest BCUT2D eigenvalue weighted by atomic mass is 10.1. The smallest absolute Gasteiger partial charge is 0.243 e. The van der Waals surface area contributed by atoms with Crippen molar-refractivity contribution in [1.29, 1.82) is 0 Å². The van der Waals surface area contributed by atoms with Gasteiger partial charge in [-0.25, -0.2) is 13.4 Å². The minimum absolute atomic E-state index is 0.127. The van der Waals surface area contributed by atoms with Crippen LogP contribution in [0.2, 0.25) is 0 Å². The van der Waals surface area contributed by atoms with Crippen LogP contribution in [0.3, 0.4) is 0 Å². The third-order valence-electron chi connectivity index (χ3n) is 5.76. The van der Waals surface area contributed by atoms with Crippen LogP contribution in [0.1, 0.15) is 16.7 Å². The number of ether oxygens (including phenoxy) is 1. The molecule has 0 unspecified atom stereocenters. The Bertz CT molecular complexity index is 1380. The van der Waals surface area contributed by atoms with E-state index >= 15 is 0 Å². The SMILES string of the molecule is COc1cc(C)c(S(=O)(=O)N(C)CC(=O)NCC(=O)N(C)Cc2ccc3nc(N)ccc3c2)c(C)c1. The lowest BCUT2D eigenvalue weighted by Crippen LogP contribution is -2.43. The standard InChI is InChI=1S/C25H31N5O5S/c1-16-10-20(35-5)11-17(2)25(16)36(33,34)30(4)15-23(31)27-13-24(32)29(3)14-18-6-8-21-19(12-18)7-9-22(26)28-21/h6-12H,13-15H2,1-5H3,(H2,26,28)(H,27,31). The molecule has 0 radical (unpaired) electrons. The first-order valence-electron chi connectivity index (χ1n) is 11.2.